The number of aromatic nitrogens is 3. The predicted molar refractivity (Wildman–Crippen MR) is 134 cm³/mol. The van der Waals surface area contributed by atoms with Gasteiger partial charge in [-0.05, 0) is 41.2 Å². The van der Waals surface area contributed by atoms with E-state index in [4.69, 9.17) is 4.74 Å². The lowest BCUT2D eigenvalue weighted by atomic mass is 9.87. The number of aromatic amines is 1. The van der Waals surface area contributed by atoms with Crippen molar-refractivity contribution in [3.8, 4) is 11.1 Å². The molecule has 0 saturated carbocycles. The number of nitrogens with one attached hydrogen (secondary N) is 2. The van der Waals surface area contributed by atoms with Crippen molar-refractivity contribution in [3.05, 3.63) is 78.2 Å². The van der Waals surface area contributed by atoms with Crippen LogP contribution in [0.5, 0.6) is 0 Å². The maximum absolute atomic E-state index is 12.9. The minimum absolute atomic E-state index is 0.0905. The molecule has 4 aromatic rings. The molecule has 1 fully saturated rings. The molecule has 1 aliphatic carbocycles. The lowest BCUT2D eigenvalue weighted by Gasteiger charge is -2.39. The molecule has 2 aromatic heterocycles. The van der Waals surface area contributed by atoms with Crippen molar-refractivity contribution >= 4 is 28.9 Å². The minimum Gasteiger partial charge on any atom is -0.480 e. The molecule has 0 bridgehead atoms. The molecule has 0 radical (unpaired) electrons. The molecule has 36 heavy (non-hydrogen) atoms. The Morgan fingerprint density at radius 2 is 1.69 bits per heavy atom. The fourth-order valence-corrected chi connectivity index (χ4v) is 5.43. The highest BCUT2D eigenvalue weighted by atomic mass is 16.5. The van der Waals surface area contributed by atoms with Gasteiger partial charge in [0.25, 0.3) is 0 Å². The van der Waals surface area contributed by atoms with Gasteiger partial charge in [-0.15, -0.1) is 0 Å². The van der Waals surface area contributed by atoms with E-state index in [1.165, 1.54) is 6.33 Å². The first-order valence-electron chi connectivity index (χ1n) is 12.0. The zero-order chi connectivity index (χ0) is 24.7. The number of amides is 1. The molecule has 1 amide bonds. The lowest BCUT2D eigenvalue weighted by Crippen LogP contribution is -2.60. The van der Waals surface area contributed by atoms with Crippen LogP contribution >= 0.6 is 0 Å². The average Bonchev–Trinajstić information content (AvgIpc) is 3.51. The van der Waals surface area contributed by atoms with Gasteiger partial charge in [0.1, 0.15) is 29.9 Å². The van der Waals surface area contributed by atoms with Gasteiger partial charge in [0, 0.05) is 25.2 Å². The van der Waals surface area contributed by atoms with Crippen LogP contribution in [0.1, 0.15) is 29.9 Å². The topological polar surface area (TPSA) is 120 Å². The number of piperidine rings is 1. The van der Waals surface area contributed by atoms with Crippen LogP contribution in [0.2, 0.25) is 0 Å². The quantitative estimate of drug-likeness (QED) is 0.393. The van der Waals surface area contributed by atoms with E-state index in [2.05, 4.69) is 32.4 Å². The Labute approximate surface area is 207 Å². The summed E-state index contributed by atoms with van der Waals surface area (Å²) in [7, 11) is 0. The van der Waals surface area contributed by atoms with Gasteiger partial charge >= 0.3 is 12.1 Å². The molecule has 6 rings (SSSR count). The number of fused-ring (bicyclic) bond motifs is 4. The zero-order valence-corrected chi connectivity index (χ0v) is 19.5. The Morgan fingerprint density at radius 1 is 1.03 bits per heavy atom. The number of anilines is 1. The van der Waals surface area contributed by atoms with E-state index in [1.54, 1.807) is 6.20 Å². The Bertz CT molecular complexity index is 1410. The van der Waals surface area contributed by atoms with Crippen LogP contribution in [-0.2, 0) is 9.53 Å². The summed E-state index contributed by atoms with van der Waals surface area (Å²) in [6.45, 7) is 0.981. The smallest absolute Gasteiger partial charge is 0.408 e. The van der Waals surface area contributed by atoms with Crippen LogP contribution in [0.3, 0.4) is 0 Å². The van der Waals surface area contributed by atoms with Gasteiger partial charge < -0.3 is 25.0 Å². The van der Waals surface area contributed by atoms with Crippen molar-refractivity contribution in [2.24, 2.45) is 0 Å². The monoisotopic (exact) mass is 483 g/mol. The third-order valence-corrected chi connectivity index (χ3v) is 7.34. The third kappa shape index (κ3) is 3.64. The SMILES string of the molecule is O=C(NC1(C(=O)O)CCN(c2ncnc3[nH]ccc23)CC1)OCC1c2ccccc2-c2ccccc21. The average molecular weight is 484 g/mol. The van der Waals surface area contributed by atoms with Gasteiger partial charge in [0.15, 0.2) is 0 Å². The van der Waals surface area contributed by atoms with Crippen LogP contribution in [0, 0.1) is 0 Å². The number of hydrogen-bond donors (Lipinski definition) is 3. The summed E-state index contributed by atoms with van der Waals surface area (Å²) < 4.78 is 5.62. The normalized spacial score (nSPS) is 16.4. The Hall–Kier alpha value is -4.40. The molecule has 0 unspecified atom stereocenters. The molecular weight excluding hydrogens is 458 g/mol. The van der Waals surface area contributed by atoms with Gasteiger partial charge in [-0.2, -0.15) is 0 Å². The molecule has 1 saturated heterocycles. The Kier molecular flexibility index (Phi) is 5.32. The second-order valence-corrected chi connectivity index (χ2v) is 9.26. The van der Waals surface area contributed by atoms with E-state index < -0.39 is 17.6 Å². The van der Waals surface area contributed by atoms with Crippen molar-refractivity contribution < 1.29 is 19.4 Å². The Morgan fingerprint density at radius 3 is 2.36 bits per heavy atom. The predicted octanol–water partition coefficient (Wildman–Crippen LogP) is 3.92. The third-order valence-electron chi connectivity index (χ3n) is 7.34. The molecule has 1 aliphatic heterocycles. The summed E-state index contributed by atoms with van der Waals surface area (Å²) in [5.74, 6) is -0.404. The Balaban J connectivity index is 1.14. The highest BCUT2D eigenvalue weighted by molar-refractivity contribution is 5.88. The van der Waals surface area contributed by atoms with Crippen LogP contribution in [-0.4, -0.2) is 57.4 Å². The van der Waals surface area contributed by atoms with Gasteiger partial charge in [-0.1, -0.05) is 48.5 Å². The molecule has 0 atom stereocenters. The minimum atomic E-state index is -1.40. The van der Waals surface area contributed by atoms with Crippen LogP contribution < -0.4 is 10.2 Å². The molecule has 2 aromatic carbocycles. The van der Waals surface area contributed by atoms with E-state index in [9.17, 15) is 14.7 Å². The molecular formula is C27H25N5O4. The summed E-state index contributed by atoms with van der Waals surface area (Å²) in [5.41, 5.74) is 3.81. The number of benzene rings is 2. The summed E-state index contributed by atoms with van der Waals surface area (Å²) >= 11 is 0. The van der Waals surface area contributed by atoms with Crippen molar-refractivity contribution in [1.29, 1.82) is 0 Å². The number of ether oxygens (including phenoxy) is 1. The first-order valence-corrected chi connectivity index (χ1v) is 12.0. The molecule has 3 N–H and O–H groups in total. The summed E-state index contributed by atoms with van der Waals surface area (Å²) in [6.07, 6.45) is 3.02. The van der Waals surface area contributed by atoms with Crippen LogP contribution in [0.15, 0.2) is 67.1 Å². The number of carbonyl (C=O) groups excluding carboxylic acids is 1. The van der Waals surface area contributed by atoms with E-state index in [-0.39, 0.29) is 25.4 Å². The lowest BCUT2D eigenvalue weighted by molar-refractivity contribution is -0.145. The number of alkyl carbamates (subject to hydrolysis) is 1. The highest BCUT2D eigenvalue weighted by Crippen LogP contribution is 2.44. The first kappa shape index (κ1) is 22.1. The van der Waals surface area contributed by atoms with E-state index in [0.29, 0.717) is 13.1 Å². The summed E-state index contributed by atoms with van der Waals surface area (Å²) in [5, 5.41) is 13.6. The van der Waals surface area contributed by atoms with Gasteiger partial charge in [-0.25, -0.2) is 19.6 Å². The van der Waals surface area contributed by atoms with Crippen molar-refractivity contribution in [3.63, 3.8) is 0 Å². The second-order valence-electron chi connectivity index (χ2n) is 9.26. The van der Waals surface area contributed by atoms with Crippen LogP contribution in [0.25, 0.3) is 22.2 Å². The van der Waals surface area contributed by atoms with Crippen molar-refractivity contribution in [2.75, 3.05) is 24.6 Å². The van der Waals surface area contributed by atoms with E-state index in [1.807, 2.05) is 47.4 Å². The van der Waals surface area contributed by atoms with Crippen LogP contribution in [0.4, 0.5) is 10.6 Å². The largest absolute Gasteiger partial charge is 0.480 e. The maximum atomic E-state index is 12.9. The number of carbonyl (C=O) groups is 2. The highest BCUT2D eigenvalue weighted by Gasteiger charge is 2.44. The fourth-order valence-electron chi connectivity index (χ4n) is 5.43. The number of nitrogens with zero attached hydrogens (tertiary/aromatic N) is 3. The molecule has 9 nitrogen and oxygen atoms in total. The second kappa shape index (κ2) is 8.67. The number of carboxylic acid groups (broad SMARTS) is 1. The number of H-pyrrole nitrogens is 1. The van der Waals surface area contributed by atoms with E-state index in [0.717, 1.165) is 39.1 Å². The number of aliphatic carboxylic acids is 1. The van der Waals surface area contributed by atoms with E-state index >= 15 is 0 Å². The van der Waals surface area contributed by atoms with Gasteiger partial charge in [-0.3, -0.25) is 0 Å². The van der Waals surface area contributed by atoms with Crippen molar-refractivity contribution in [1.82, 2.24) is 20.3 Å². The van der Waals surface area contributed by atoms with Crippen molar-refractivity contribution in [2.45, 2.75) is 24.3 Å². The number of rotatable bonds is 5. The number of carboxylic acids is 1. The summed E-state index contributed by atoms with van der Waals surface area (Å²) in [4.78, 5) is 38.9. The fraction of sp³-hybridized carbons (Fsp3) is 0.259. The summed E-state index contributed by atoms with van der Waals surface area (Å²) in [6, 6.07) is 18.1. The number of hydrogen-bond acceptors (Lipinski definition) is 6. The molecule has 3 heterocycles. The standard InChI is InChI=1S/C27H25N5O4/c33-25(34)27(10-13-32(14-11-27)24-21-9-12-28-23(21)29-16-30-24)31-26(35)36-15-22-19-7-3-1-5-17(19)18-6-2-4-8-20(18)22/h1-9,12,16,22H,10-11,13-15H2,(H,31,35)(H,33,34)(H,28,29,30). The molecule has 182 valence electrons. The molecule has 9 heteroatoms. The molecule has 0 spiro atoms. The van der Waals surface area contributed by atoms with Gasteiger partial charge in [0.05, 0.1) is 5.39 Å². The molecule has 2 aliphatic rings. The van der Waals surface area contributed by atoms with Gasteiger partial charge in [0.2, 0.25) is 0 Å². The zero-order valence-electron chi connectivity index (χ0n) is 19.5. The first-order chi connectivity index (χ1) is 17.6. The maximum Gasteiger partial charge on any atom is 0.408 e.